The van der Waals surface area contributed by atoms with Crippen molar-refractivity contribution in [2.24, 2.45) is 0 Å². The number of rotatable bonds is 7. The number of ether oxygens (including phenoxy) is 1. The summed E-state index contributed by atoms with van der Waals surface area (Å²) < 4.78 is 19.2. The van der Waals surface area contributed by atoms with Crippen molar-refractivity contribution < 1.29 is 33.7 Å². The number of carbonyl (C=O) groups is 3. The van der Waals surface area contributed by atoms with Crippen LogP contribution in [-0.2, 0) is 16.2 Å². The summed E-state index contributed by atoms with van der Waals surface area (Å²) in [7, 11) is 0. The highest BCUT2D eigenvalue weighted by atomic mass is 19.1. The van der Waals surface area contributed by atoms with Gasteiger partial charge in [-0.3, -0.25) is 4.90 Å². The Morgan fingerprint density at radius 3 is 2.45 bits per heavy atom. The van der Waals surface area contributed by atoms with Gasteiger partial charge in [0, 0.05) is 12.0 Å². The molecule has 2 aromatic carbocycles. The normalized spacial score (nSPS) is 21.0. The van der Waals surface area contributed by atoms with Gasteiger partial charge in [-0.05, 0) is 36.6 Å². The quantitative estimate of drug-likeness (QED) is 0.687. The van der Waals surface area contributed by atoms with E-state index < -0.39 is 30.1 Å². The number of amides is 1. The van der Waals surface area contributed by atoms with Crippen molar-refractivity contribution in [1.29, 1.82) is 0 Å². The molecule has 1 fully saturated rings. The molecule has 3 rings (SSSR count). The molecule has 2 N–H and O–H groups in total. The number of nitrogens with zero attached hydrogens (tertiary/aromatic N) is 1. The molecular weight excluding hydrogens is 381 g/mol. The van der Waals surface area contributed by atoms with Crippen molar-refractivity contribution in [2.45, 2.75) is 37.5 Å². The molecule has 0 radical (unpaired) electrons. The lowest BCUT2D eigenvalue weighted by atomic mass is 9.93. The lowest BCUT2D eigenvalue weighted by Gasteiger charge is -2.34. The summed E-state index contributed by atoms with van der Waals surface area (Å²) >= 11 is 0. The Kier molecular flexibility index (Phi) is 5.81. The fourth-order valence-corrected chi connectivity index (χ4v) is 3.75. The van der Waals surface area contributed by atoms with E-state index in [9.17, 15) is 29.0 Å². The van der Waals surface area contributed by atoms with E-state index in [4.69, 9.17) is 4.74 Å². The highest BCUT2D eigenvalue weighted by Gasteiger charge is 2.54. The van der Waals surface area contributed by atoms with Gasteiger partial charge in [0.1, 0.15) is 24.5 Å². The molecule has 0 saturated carbocycles. The standard InChI is InChI=1S/C21H20FNO6/c22-17-4-2-1-3-15(17)13-29-16-7-5-14(6-8-16)18-9-10-21(11-12-24,19(25)26)23(18)20(27)28/h1-8,12,18H,9-11,13H2,(H,25,26)(H,27,28)/t18-,21-/m1/s1. The number of aliphatic carboxylic acids is 1. The van der Waals surface area contributed by atoms with Crippen LogP contribution in [0.25, 0.3) is 0 Å². The average molecular weight is 401 g/mol. The Morgan fingerprint density at radius 2 is 1.86 bits per heavy atom. The van der Waals surface area contributed by atoms with Gasteiger partial charge in [-0.15, -0.1) is 0 Å². The Hall–Kier alpha value is -3.42. The van der Waals surface area contributed by atoms with E-state index in [0.29, 0.717) is 23.2 Å². The maximum Gasteiger partial charge on any atom is 0.408 e. The van der Waals surface area contributed by atoms with Crippen LogP contribution < -0.4 is 4.74 Å². The predicted molar refractivity (Wildman–Crippen MR) is 100 cm³/mol. The average Bonchev–Trinajstić information content (AvgIpc) is 3.09. The number of carboxylic acids is 1. The fraction of sp³-hybridized carbons (Fsp3) is 0.286. The van der Waals surface area contributed by atoms with Crippen molar-refractivity contribution >= 4 is 18.3 Å². The van der Waals surface area contributed by atoms with E-state index in [-0.39, 0.29) is 25.3 Å². The van der Waals surface area contributed by atoms with Gasteiger partial charge in [-0.25, -0.2) is 14.0 Å². The van der Waals surface area contributed by atoms with Crippen LogP contribution in [0.15, 0.2) is 48.5 Å². The zero-order valence-corrected chi connectivity index (χ0v) is 15.5. The van der Waals surface area contributed by atoms with Gasteiger partial charge in [0.15, 0.2) is 5.54 Å². The van der Waals surface area contributed by atoms with Gasteiger partial charge in [-0.2, -0.15) is 0 Å². The van der Waals surface area contributed by atoms with Crippen LogP contribution in [0.2, 0.25) is 0 Å². The molecule has 0 spiro atoms. The van der Waals surface area contributed by atoms with E-state index >= 15 is 0 Å². The van der Waals surface area contributed by atoms with Crippen molar-refractivity contribution in [3.63, 3.8) is 0 Å². The topological polar surface area (TPSA) is 104 Å². The Labute approximate surface area is 166 Å². The number of likely N-dealkylation sites (tertiary alicyclic amines) is 1. The molecule has 1 aliphatic rings. The summed E-state index contributed by atoms with van der Waals surface area (Å²) in [5, 5.41) is 19.2. The number of aldehydes is 1. The summed E-state index contributed by atoms with van der Waals surface area (Å²) in [6.07, 6.45) is -1.04. The van der Waals surface area contributed by atoms with E-state index in [1.54, 1.807) is 42.5 Å². The molecule has 152 valence electrons. The summed E-state index contributed by atoms with van der Waals surface area (Å²) in [5.41, 5.74) is -0.762. The first-order chi connectivity index (χ1) is 13.9. The summed E-state index contributed by atoms with van der Waals surface area (Å²) in [5.74, 6) is -1.24. The molecule has 2 atom stereocenters. The van der Waals surface area contributed by atoms with Crippen LogP contribution in [0.1, 0.15) is 36.4 Å². The smallest absolute Gasteiger partial charge is 0.408 e. The van der Waals surface area contributed by atoms with Gasteiger partial charge in [0.2, 0.25) is 0 Å². The predicted octanol–water partition coefficient (Wildman–Crippen LogP) is 3.63. The van der Waals surface area contributed by atoms with Gasteiger partial charge in [0.05, 0.1) is 6.04 Å². The molecule has 1 aliphatic heterocycles. The summed E-state index contributed by atoms with van der Waals surface area (Å²) in [6, 6.07) is 12.1. The number of hydrogen-bond donors (Lipinski definition) is 2. The maximum atomic E-state index is 13.7. The molecule has 1 saturated heterocycles. The zero-order valence-electron chi connectivity index (χ0n) is 15.5. The van der Waals surface area contributed by atoms with Crippen LogP contribution >= 0.6 is 0 Å². The second-order valence-electron chi connectivity index (χ2n) is 6.86. The third-order valence-corrected chi connectivity index (χ3v) is 5.25. The zero-order chi connectivity index (χ0) is 21.0. The van der Waals surface area contributed by atoms with Gasteiger partial charge in [-0.1, -0.05) is 30.3 Å². The first kappa shape index (κ1) is 20.3. The third kappa shape index (κ3) is 3.91. The van der Waals surface area contributed by atoms with E-state index in [0.717, 1.165) is 4.90 Å². The number of carboxylic acid groups (broad SMARTS) is 2. The van der Waals surface area contributed by atoms with Gasteiger partial charge >= 0.3 is 12.1 Å². The minimum atomic E-state index is -1.77. The second kappa shape index (κ2) is 8.30. The number of carbonyl (C=O) groups excluding carboxylic acids is 1. The lowest BCUT2D eigenvalue weighted by Crippen LogP contribution is -2.53. The van der Waals surface area contributed by atoms with Crippen molar-refractivity contribution in [3.8, 4) is 5.75 Å². The maximum absolute atomic E-state index is 13.7. The molecule has 8 heteroatoms. The monoisotopic (exact) mass is 401 g/mol. The summed E-state index contributed by atoms with van der Waals surface area (Å²) in [6.45, 7) is 0.0398. The number of hydrogen-bond acceptors (Lipinski definition) is 4. The SMILES string of the molecule is O=CC[C@@]1(C(=O)O)CC[C@H](c2ccc(OCc3ccccc3F)cc2)N1C(=O)O. The van der Waals surface area contributed by atoms with E-state index in [2.05, 4.69) is 0 Å². The van der Waals surface area contributed by atoms with E-state index in [1.165, 1.54) is 6.07 Å². The minimum absolute atomic E-state index is 0.0398. The van der Waals surface area contributed by atoms with Crippen LogP contribution in [0.3, 0.4) is 0 Å². The Morgan fingerprint density at radius 1 is 1.17 bits per heavy atom. The first-order valence-corrected chi connectivity index (χ1v) is 9.04. The van der Waals surface area contributed by atoms with Crippen molar-refractivity contribution in [2.75, 3.05) is 0 Å². The molecular formula is C21H20FNO6. The number of halogens is 1. The number of benzene rings is 2. The van der Waals surface area contributed by atoms with Crippen LogP contribution in [0, 0.1) is 5.82 Å². The van der Waals surface area contributed by atoms with Crippen molar-refractivity contribution in [1.82, 2.24) is 4.90 Å². The minimum Gasteiger partial charge on any atom is -0.489 e. The van der Waals surface area contributed by atoms with Crippen LogP contribution in [-0.4, -0.2) is 39.0 Å². The molecule has 1 heterocycles. The van der Waals surface area contributed by atoms with Crippen LogP contribution in [0.4, 0.5) is 9.18 Å². The fourth-order valence-electron chi connectivity index (χ4n) is 3.75. The lowest BCUT2D eigenvalue weighted by molar-refractivity contribution is -0.150. The van der Waals surface area contributed by atoms with Crippen LogP contribution in [0.5, 0.6) is 5.75 Å². The third-order valence-electron chi connectivity index (χ3n) is 5.25. The molecule has 0 bridgehead atoms. The Balaban J connectivity index is 1.78. The largest absolute Gasteiger partial charge is 0.489 e. The van der Waals surface area contributed by atoms with Gasteiger partial charge < -0.3 is 19.7 Å². The molecule has 1 amide bonds. The molecule has 0 aliphatic carbocycles. The molecule has 7 nitrogen and oxygen atoms in total. The Bertz CT molecular complexity index is 916. The molecule has 0 aromatic heterocycles. The molecule has 0 unspecified atom stereocenters. The van der Waals surface area contributed by atoms with Crippen molar-refractivity contribution in [3.05, 3.63) is 65.5 Å². The van der Waals surface area contributed by atoms with Gasteiger partial charge in [0.25, 0.3) is 0 Å². The molecule has 2 aromatic rings. The highest BCUT2D eigenvalue weighted by molar-refractivity contribution is 5.87. The second-order valence-corrected chi connectivity index (χ2v) is 6.86. The first-order valence-electron chi connectivity index (χ1n) is 9.04. The highest BCUT2D eigenvalue weighted by Crippen LogP contribution is 2.44. The molecule has 29 heavy (non-hydrogen) atoms. The summed E-state index contributed by atoms with van der Waals surface area (Å²) in [4.78, 5) is 35.5. The van der Waals surface area contributed by atoms with E-state index in [1.807, 2.05) is 0 Å².